The van der Waals surface area contributed by atoms with Gasteiger partial charge in [0.2, 0.25) is 5.91 Å². The summed E-state index contributed by atoms with van der Waals surface area (Å²) in [5.74, 6) is -2.73. The highest BCUT2D eigenvalue weighted by Gasteiger charge is 2.45. The molecule has 128 valence electrons. The molecule has 0 unspecified atom stereocenters. The zero-order valence-corrected chi connectivity index (χ0v) is 14.0. The molecule has 1 fully saturated rings. The monoisotopic (exact) mass is 354 g/mol. The molecule has 1 amide bonds. The van der Waals surface area contributed by atoms with E-state index in [2.05, 4.69) is 15.3 Å². The van der Waals surface area contributed by atoms with Gasteiger partial charge >= 0.3 is 0 Å². The van der Waals surface area contributed by atoms with E-state index in [4.69, 9.17) is 11.6 Å². The van der Waals surface area contributed by atoms with E-state index in [0.29, 0.717) is 21.7 Å². The predicted molar refractivity (Wildman–Crippen MR) is 88.4 cm³/mol. The summed E-state index contributed by atoms with van der Waals surface area (Å²) in [5.41, 5.74) is 0.640. The summed E-state index contributed by atoms with van der Waals surface area (Å²) in [7, 11) is 0. The molecule has 24 heavy (non-hydrogen) atoms. The molecular formula is C16H17ClF2N4O. The summed E-state index contributed by atoms with van der Waals surface area (Å²) < 4.78 is 27.0. The summed E-state index contributed by atoms with van der Waals surface area (Å²) in [4.78, 5) is 22.0. The number of alkyl halides is 2. The lowest BCUT2D eigenvalue weighted by Crippen LogP contribution is -2.44. The van der Waals surface area contributed by atoms with E-state index in [0.717, 1.165) is 0 Å². The molecule has 0 saturated carbocycles. The van der Waals surface area contributed by atoms with Crippen molar-refractivity contribution in [3.05, 3.63) is 29.5 Å². The second-order valence-corrected chi connectivity index (χ2v) is 6.56. The largest absolute Gasteiger partial charge is 0.358 e. The lowest BCUT2D eigenvalue weighted by Gasteiger charge is -2.25. The quantitative estimate of drug-likeness (QED) is 0.918. The fraction of sp³-hybridized carbons (Fsp3) is 0.438. The van der Waals surface area contributed by atoms with Crippen LogP contribution < -0.4 is 5.32 Å². The molecule has 5 nitrogen and oxygen atoms in total. The molecule has 1 aromatic heterocycles. The Morgan fingerprint density at radius 2 is 2.21 bits per heavy atom. The number of nitrogens with zero attached hydrogens (tertiary/aromatic N) is 3. The molecule has 8 heteroatoms. The number of likely N-dealkylation sites (tertiary alicyclic amines) is 1. The topological polar surface area (TPSA) is 58.1 Å². The van der Waals surface area contributed by atoms with Gasteiger partial charge in [-0.05, 0) is 32.0 Å². The van der Waals surface area contributed by atoms with Crippen molar-refractivity contribution < 1.29 is 13.6 Å². The van der Waals surface area contributed by atoms with Crippen LogP contribution in [0.5, 0.6) is 0 Å². The van der Waals surface area contributed by atoms with E-state index in [1.165, 1.54) is 11.2 Å². The number of rotatable bonds is 3. The number of nitrogens with one attached hydrogen (secondary N) is 1. The first-order valence-corrected chi connectivity index (χ1v) is 8.00. The first kappa shape index (κ1) is 16.8. The summed E-state index contributed by atoms with van der Waals surface area (Å²) in [6.07, 6.45) is 1.06. The Labute approximate surface area is 143 Å². The van der Waals surface area contributed by atoms with Crippen LogP contribution in [-0.4, -0.2) is 45.3 Å². The van der Waals surface area contributed by atoms with E-state index < -0.39 is 24.6 Å². The number of carbonyl (C=O) groups is 1. The van der Waals surface area contributed by atoms with Crippen LogP contribution in [0, 0.1) is 0 Å². The molecule has 1 saturated heterocycles. The minimum Gasteiger partial charge on any atom is -0.358 e. The first-order valence-electron chi connectivity index (χ1n) is 7.62. The predicted octanol–water partition coefficient (Wildman–Crippen LogP) is 3.34. The molecule has 2 atom stereocenters. The van der Waals surface area contributed by atoms with Gasteiger partial charge in [-0.25, -0.2) is 18.7 Å². The van der Waals surface area contributed by atoms with Crippen molar-refractivity contribution in [1.29, 1.82) is 0 Å². The van der Waals surface area contributed by atoms with Crippen LogP contribution in [0.3, 0.4) is 0 Å². The Morgan fingerprint density at radius 1 is 1.46 bits per heavy atom. The first-order chi connectivity index (χ1) is 11.3. The van der Waals surface area contributed by atoms with Crippen molar-refractivity contribution in [2.24, 2.45) is 0 Å². The highest BCUT2D eigenvalue weighted by Crippen LogP contribution is 2.32. The van der Waals surface area contributed by atoms with Gasteiger partial charge in [0.05, 0.1) is 12.1 Å². The number of amides is 1. The van der Waals surface area contributed by atoms with Crippen molar-refractivity contribution in [3.63, 3.8) is 0 Å². The minimum atomic E-state index is -2.83. The average molecular weight is 355 g/mol. The van der Waals surface area contributed by atoms with Gasteiger partial charge in [0.1, 0.15) is 18.2 Å². The van der Waals surface area contributed by atoms with E-state index in [1.807, 2.05) is 0 Å². The van der Waals surface area contributed by atoms with Gasteiger partial charge in [-0.2, -0.15) is 0 Å². The van der Waals surface area contributed by atoms with Crippen LogP contribution >= 0.6 is 11.6 Å². The number of anilines is 1. The number of aromatic nitrogens is 2. The SMILES string of the molecule is C[C@@H](Nc1ncnc2cc(Cl)ccc12)C(=O)N1CC(F)(F)C[C@@H]1C. The molecule has 1 aliphatic rings. The van der Waals surface area contributed by atoms with Crippen molar-refractivity contribution in [3.8, 4) is 0 Å². The number of hydrogen-bond donors (Lipinski definition) is 1. The van der Waals surface area contributed by atoms with Crippen LogP contribution in [0.25, 0.3) is 10.9 Å². The van der Waals surface area contributed by atoms with Gasteiger partial charge < -0.3 is 10.2 Å². The molecule has 1 aromatic carbocycles. The molecule has 0 bridgehead atoms. The van der Waals surface area contributed by atoms with Crippen molar-refractivity contribution in [2.75, 3.05) is 11.9 Å². The van der Waals surface area contributed by atoms with Crippen molar-refractivity contribution >= 4 is 34.2 Å². The summed E-state index contributed by atoms with van der Waals surface area (Å²) in [5, 5.41) is 4.25. The molecule has 1 N–H and O–H groups in total. The molecule has 3 rings (SSSR count). The fourth-order valence-electron chi connectivity index (χ4n) is 2.97. The van der Waals surface area contributed by atoms with Gasteiger partial charge in [-0.1, -0.05) is 11.6 Å². The maximum atomic E-state index is 13.5. The number of halogens is 3. The number of benzene rings is 1. The van der Waals surface area contributed by atoms with Gasteiger partial charge in [-0.15, -0.1) is 0 Å². The standard InChI is InChI=1S/C16H17ClF2N4O/c1-9-6-16(18,19)7-23(9)15(24)10(2)22-14-12-4-3-11(17)5-13(12)20-8-21-14/h3-5,8-10H,6-7H2,1-2H3,(H,20,21,22)/t9-,10+/m0/s1. The second kappa shape index (κ2) is 6.12. The van der Waals surface area contributed by atoms with E-state index in [-0.39, 0.29) is 12.3 Å². The Balaban J connectivity index is 1.80. The van der Waals surface area contributed by atoms with E-state index in [1.54, 1.807) is 32.0 Å². The average Bonchev–Trinajstić information content (AvgIpc) is 2.79. The fourth-order valence-corrected chi connectivity index (χ4v) is 3.13. The molecule has 1 aliphatic heterocycles. The lowest BCUT2D eigenvalue weighted by atomic mass is 10.2. The van der Waals surface area contributed by atoms with Crippen LogP contribution in [-0.2, 0) is 4.79 Å². The van der Waals surface area contributed by atoms with Gasteiger partial charge in [0, 0.05) is 22.9 Å². The minimum absolute atomic E-state index is 0.305. The summed E-state index contributed by atoms with van der Waals surface area (Å²) in [6, 6.07) is 3.98. The van der Waals surface area contributed by atoms with Gasteiger partial charge in [0.15, 0.2) is 0 Å². The molecule has 0 aliphatic carbocycles. The van der Waals surface area contributed by atoms with Crippen LogP contribution in [0.1, 0.15) is 20.3 Å². The van der Waals surface area contributed by atoms with E-state index >= 15 is 0 Å². The molecule has 0 spiro atoms. The number of hydrogen-bond acceptors (Lipinski definition) is 4. The maximum absolute atomic E-state index is 13.5. The Morgan fingerprint density at radius 3 is 2.88 bits per heavy atom. The highest BCUT2D eigenvalue weighted by atomic mass is 35.5. The number of carbonyl (C=O) groups excluding carboxylic acids is 1. The Kier molecular flexibility index (Phi) is 4.29. The number of fused-ring (bicyclic) bond motifs is 1. The molecular weight excluding hydrogens is 338 g/mol. The molecule has 2 heterocycles. The third-order valence-electron chi connectivity index (χ3n) is 4.13. The zero-order chi connectivity index (χ0) is 17.5. The second-order valence-electron chi connectivity index (χ2n) is 6.13. The lowest BCUT2D eigenvalue weighted by molar-refractivity contribution is -0.133. The summed E-state index contributed by atoms with van der Waals surface area (Å²) >= 11 is 5.94. The third-order valence-corrected chi connectivity index (χ3v) is 4.37. The Hall–Kier alpha value is -2.02. The highest BCUT2D eigenvalue weighted by molar-refractivity contribution is 6.31. The maximum Gasteiger partial charge on any atom is 0.267 e. The zero-order valence-electron chi connectivity index (χ0n) is 13.3. The van der Waals surface area contributed by atoms with Crippen LogP contribution in [0.15, 0.2) is 24.5 Å². The van der Waals surface area contributed by atoms with Gasteiger partial charge in [0.25, 0.3) is 5.92 Å². The Bertz CT molecular complexity index is 786. The summed E-state index contributed by atoms with van der Waals surface area (Å²) in [6.45, 7) is 2.72. The third kappa shape index (κ3) is 3.26. The molecule has 0 radical (unpaired) electrons. The van der Waals surface area contributed by atoms with Crippen LogP contribution in [0.4, 0.5) is 14.6 Å². The molecule has 2 aromatic rings. The smallest absolute Gasteiger partial charge is 0.267 e. The van der Waals surface area contributed by atoms with Crippen molar-refractivity contribution in [2.45, 2.75) is 38.3 Å². The van der Waals surface area contributed by atoms with Gasteiger partial charge in [-0.3, -0.25) is 4.79 Å². The van der Waals surface area contributed by atoms with Crippen molar-refractivity contribution in [1.82, 2.24) is 14.9 Å². The normalized spacial score (nSPS) is 21.0. The van der Waals surface area contributed by atoms with E-state index in [9.17, 15) is 13.6 Å². The van der Waals surface area contributed by atoms with Crippen LogP contribution in [0.2, 0.25) is 5.02 Å².